The van der Waals surface area contributed by atoms with Crippen LogP contribution in [0, 0.1) is 17.0 Å². The summed E-state index contributed by atoms with van der Waals surface area (Å²) in [7, 11) is 0. The molecule has 0 aromatic carbocycles. The Morgan fingerprint density at radius 2 is 2.31 bits per heavy atom. The summed E-state index contributed by atoms with van der Waals surface area (Å²) in [4.78, 5) is 23.4. The first-order valence-corrected chi connectivity index (χ1v) is 3.36. The van der Waals surface area contributed by atoms with Crippen LogP contribution in [0.2, 0.25) is 0 Å². The van der Waals surface area contributed by atoms with E-state index in [9.17, 15) is 14.9 Å². The van der Waals surface area contributed by atoms with Crippen LogP contribution in [0.15, 0.2) is 12.3 Å². The Bertz CT molecular complexity index is 375. The summed E-state index contributed by atoms with van der Waals surface area (Å²) in [5.41, 5.74) is 0.305. The number of hydrogen-bond acceptors (Lipinski definition) is 4. The van der Waals surface area contributed by atoms with E-state index in [4.69, 9.17) is 5.11 Å². The number of pyridine rings is 1. The van der Waals surface area contributed by atoms with Gasteiger partial charge in [0.25, 0.3) is 0 Å². The second-order valence-electron chi connectivity index (χ2n) is 2.42. The van der Waals surface area contributed by atoms with Gasteiger partial charge in [-0.2, -0.15) is 0 Å². The van der Waals surface area contributed by atoms with Gasteiger partial charge in [-0.3, -0.25) is 0 Å². The van der Waals surface area contributed by atoms with Crippen LogP contribution in [0.3, 0.4) is 0 Å². The number of aromatic carboxylic acids is 1. The molecule has 1 heterocycles. The molecule has 6 heteroatoms. The quantitative estimate of drug-likeness (QED) is 0.543. The van der Waals surface area contributed by atoms with Gasteiger partial charge in [-0.05, 0) is 22.4 Å². The van der Waals surface area contributed by atoms with Gasteiger partial charge in [0.2, 0.25) is 0 Å². The predicted molar refractivity (Wildman–Crippen MR) is 42.6 cm³/mol. The molecule has 13 heavy (non-hydrogen) atoms. The zero-order chi connectivity index (χ0) is 10.0. The van der Waals surface area contributed by atoms with Crippen molar-refractivity contribution in [3.8, 4) is 0 Å². The largest absolute Gasteiger partial charge is 0.478 e. The molecule has 0 radical (unpaired) electrons. The highest BCUT2D eigenvalue weighted by atomic mass is 16.6. The summed E-state index contributed by atoms with van der Waals surface area (Å²) in [5.74, 6) is -1.48. The molecule has 0 saturated heterocycles. The molecular weight excluding hydrogens is 176 g/mol. The molecule has 0 bridgehead atoms. The first-order chi connectivity index (χ1) is 6.02. The monoisotopic (exact) mass is 182 g/mol. The molecule has 1 aromatic rings. The number of rotatable bonds is 2. The van der Waals surface area contributed by atoms with Crippen LogP contribution in [0.4, 0.5) is 5.82 Å². The molecule has 0 saturated carbocycles. The second kappa shape index (κ2) is 3.18. The lowest BCUT2D eigenvalue weighted by Crippen LogP contribution is -2.02. The van der Waals surface area contributed by atoms with Crippen molar-refractivity contribution < 1.29 is 14.8 Å². The van der Waals surface area contributed by atoms with Crippen LogP contribution < -0.4 is 0 Å². The number of carboxylic acids is 1. The fraction of sp³-hybridized carbons (Fsp3) is 0.143. The lowest BCUT2D eigenvalue weighted by atomic mass is 10.1. The summed E-state index contributed by atoms with van der Waals surface area (Å²) in [6.07, 6.45) is 0.982. The Morgan fingerprint density at radius 3 is 2.69 bits per heavy atom. The number of nitro groups is 1. The molecular formula is C7H6N2O4. The fourth-order valence-electron chi connectivity index (χ4n) is 0.865. The molecule has 0 aliphatic heterocycles. The highest BCUT2D eigenvalue weighted by Gasteiger charge is 2.14. The number of aromatic nitrogens is 1. The average molecular weight is 182 g/mol. The third-order valence-corrected chi connectivity index (χ3v) is 1.51. The third kappa shape index (κ3) is 1.78. The van der Waals surface area contributed by atoms with E-state index in [2.05, 4.69) is 4.98 Å². The molecule has 1 N–H and O–H groups in total. The Hall–Kier alpha value is -1.98. The minimum absolute atomic E-state index is 0.0226. The van der Waals surface area contributed by atoms with Crippen molar-refractivity contribution in [1.29, 1.82) is 0 Å². The molecule has 0 aliphatic carbocycles. The molecule has 0 fully saturated rings. The number of hydrogen-bond donors (Lipinski definition) is 1. The van der Waals surface area contributed by atoms with Crippen molar-refractivity contribution in [2.45, 2.75) is 6.92 Å². The van der Waals surface area contributed by atoms with E-state index < -0.39 is 10.9 Å². The van der Waals surface area contributed by atoms with Gasteiger partial charge in [0.1, 0.15) is 5.56 Å². The number of carboxylic acid groups (broad SMARTS) is 1. The maximum absolute atomic E-state index is 10.5. The lowest BCUT2D eigenvalue weighted by molar-refractivity contribution is -0.389. The van der Waals surface area contributed by atoms with E-state index in [1.54, 1.807) is 0 Å². The molecule has 1 rings (SSSR count). The van der Waals surface area contributed by atoms with Gasteiger partial charge in [0, 0.05) is 6.07 Å². The van der Waals surface area contributed by atoms with Gasteiger partial charge < -0.3 is 15.2 Å². The third-order valence-electron chi connectivity index (χ3n) is 1.51. The maximum Gasteiger partial charge on any atom is 0.363 e. The van der Waals surface area contributed by atoms with E-state index in [0.717, 1.165) is 12.3 Å². The molecule has 1 aromatic heterocycles. The molecule has 0 amide bonds. The number of carbonyl (C=O) groups is 1. The van der Waals surface area contributed by atoms with Gasteiger partial charge >= 0.3 is 11.8 Å². The zero-order valence-corrected chi connectivity index (χ0v) is 6.72. The predicted octanol–water partition coefficient (Wildman–Crippen LogP) is 0.996. The topological polar surface area (TPSA) is 93.3 Å². The van der Waals surface area contributed by atoms with Crippen molar-refractivity contribution >= 4 is 11.8 Å². The van der Waals surface area contributed by atoms with E-state index in [1.165, 1.54) is 6.92 Å². The van der Waals surface area contributed by atoms with Crippen molar-refractivity contribution in [1.82, 2.24) is 4.98 Å². The first-order valence-electron chi connectivity index (χ1n) is 3.36. The summed E-state index contributed by atoms with van der Waals surface area (Å²) in [6.45, 7) is 1.48. The van der Waals surface area contributed by atoms with Gasteiger partial charge in [-0.15, -0.1) is 0 Å². The minimum atomic E-state index is -1.14. The Labute approximate surface area is 73.0 Å². The smallest absolute Gasteiger partial charge is 0.363 e. The van der Waals surface area contributed by atoms with Crippen molar-refractivity contribution in [3.63, 3.8) is 0 Å². The molecule has 0 atom stereocenters. The average Bonchev–Trinajstić information content (AvgIpc) is 2.03. The van der Waals surface area contributed by atoms with E-state index in [0.29, 0.717) is 5.56 Å². The number of nitrogens with zero attached hydrogens (tertiary/aromatic N) is 2. The molecule has 6 nitrogen and oxygen atoms in total. The normalized spacial score (nSPS) is 9.62. The molecule has 0 unspecified atom stereocenters. The molecule has 0 aliphatic rings. The number of aryl methyl sites for hydroxylation is 1. The summed E-state index contributed by atoms with van der Waals surface area (Å²) < 4.78 is 0. The SMILES string of the molecule is Cc1cc([N+](=O)[O-])ncc1C(=O)O. The zero-order valence-electron chi connectivity index (χ0n) is 6.72. The Kier molecular flexibility index (Phi) is 2.23. The molecule has 68 valence electrons. The van der Waals surface area contributed by atoms with Gasteiger partial charge in [-0.1, -0.05) is 0 Å². The highest BCUT2D eigenvalue weighted by molar-refractivity contribution is 5.89. The van der Waals surface area contributed by atoms with E-state index in [-0.39, 0.29) is 11.4 Å². The van der Waals surface area contributed by atoms with E-state index in [1.807, 2.05) is 0 Å². The van der Waals surface area contributed by atoms with Crippen LogP contribution in [-0.4, -0.2) is 21.0 Å². The van der Waals surface area contributed by atoms with Gasteiger partial charge in [0.15, 0.2) is 6.20 Å². The fourth-order valence-corrected chi connectivity index (χ4v) is 0.865. The second-order valence-corrected chi connectivity index (χ2v) is 2.42. The van der Waals surface area contributed by atoms with Crippen LogP contribution in [0.1, 0.15) is 15.9 Å². The minimum Gasteiger partial charge on any atom is -0.478 e. The van der Waals surface area contributed by atoms with Crippen LogP contribution in [-0.2, 0) is 0 Å². The van der Waals surface area contributed by atoms with E-state index >= 15 is 0 Å². The molecule has 0 spiro atoms. The first kappa shape index (κ1) is 9.11. The van der Waals surface area contributed by atoms with Crippen LogP contribution >= 0.6 is 0 Å². The summed E-state index contributed by atoms with van der Waals surface area (Å²) in [5, 5.41) is 18.8. The van der Waals surface area contributed by atoms with Gasteiger partial charge in [-0.25, -0.2) is 4.79 Å². The van der Waals surface area contributed by atoms with Crippen molar-refractivity contribution in [2.24, 2.45) is 0 Å². The Morgan fingerprint density at radius 1 is 1.69 bits per heavy atom. The van der Waals surface area contributed by atoms with Gasteiger partial charge in [0.05, 0.1) is 0 Å². The standard InChI is InChI=1S/C7H6N2O4/c1-4-2-6(9(12)13)8-3-5(4)7(10)11/h2-3H,1H3,(H,10,11). The Balaban J connectivity index is 3.20. The van der Waals surface area contributed by atoms with Crippen molar-refractivity contribution in [3.05, 3.63) is 33.5 Å². The highest BCUT2D eigenvalue weighted by Crippen LogP contribution is 2.13. The summed E-state index contributed by atoms with van der Waals surface area (Å²) >= 11 is 0. The van der Waals surface area contributed by atoms with Crippen LogP contribution in [0.5, 0.6) is 0 Å². The maximum atomic E-state index is 10.5. The van der Waals surface area contributed by atoms with Crippen molar-refractivity contribution in [2.75, 3.05) is 0 Å². The lowest BCUT2D eigenvalue weighted by Gasteiger charge is -1.96. The summed E-state index contributed by atoms with van der Waals surface area (Å²) in [6, 6.07) is 1.13. The van der Waals surface area contributed by atoms with Crippen LogP contribution in [0.25, 0.3) is 0 Å².